The third-order valence-corrected chi connectivity index (χ3v) is 8.98. The summed E-state index contributed by atoms with van der Waals surface area (Å²) in [5.74, 6) is 3.99. The first-order valence-corrected chi connectivity index (χ1v) is 9.57. The van der Waals surface area contributed by atoms with Gasteiger partial charge in [-0.2, -0.15) is 0 Å². The summed E-state index contributed by atoms with van der Waals surface area (Å²) < 4.78 is 0. The Morgan fingerprint density at radius 3 is 2.55 bits per heavy atom. The largest absolute Gasteiger partial charge is 0.393 e. The Hall–Kier alpha value is -0.370. The zero-order chi connectivity index (χ0) is 15.7. The Balaban J connectivity index is 1.67. The summed E-state index contributed by atoms with van der Waals surface area (Å²) in [4.78, 5) is 12.1. The lowest BCUT2D eigenvalue weighted by Crippen LogP contribution is -2.56. The molecule has 22 heavy (non-hydrogen) atoms. The van der Waals surface area contributed by atoms with Crippen molar-refractivity contribution in [3.05, 3.63) is 0 Å². The van der Waals surface area contributed by atoms with Crippen molar-refractivity contribution < 1.29 is 9.90 Å². The van der Waals surface area contributed by atoms with E-state index in [-0.39, 0.29) is 11.5 Å². The topological polar surface area (TPSA) is 37.3 Å². The molecule has 0 bridgehead atoms. The number of hydrogen-bond acceptors (Lipinski definition) is 2. The molecule has 4 fully saturated rings. The summed E-state index contributed by atoms with van der Waals surface area (Å²) in [6, 6.07) is 0. The Bertz CT molecular complexity index is 486. The summed E-state index contributed by atoms with van der Waals surface area (Å²) in [5.41, 5.74) is 0.545. The number of carbonyl (C=O) groups is 1. The molecule has 4 aliphatic carbocycles. The normalized spacial score (nSPS) is 57.9. The van der Waals surface area contributed by atoms with Crippen LogP contribution in [0.25, 0.3) is 0 Å². The number of hydrogen-bond donors (Lipinski definition) is 1. The summed E-state index contributed by atoms with van der Waals surface area (Å²) in [6.45, 7) is 7.21. The summed E-state index contributed by atoms with van der Waals surface area (Å²) >= 11 is 0. The Labute approximate surface area is 135 Å². The SMILES string of the molecule is C[C@H]1CC(=O)C[C@@H]2CC[C@@H]3[C@H]4CC[C@H](O)[C@@]4(C)CC[C@H]3[C@]21C. The molecule has 0 aromatic carbocycles. The van der Waals surface area contributed by atoms with Crippen LogP contribution < -0.4 is 0 Å². The van der Waals surface area contributed by atoms with Crippen molar-refractivity contribution in [2.45, 2.75) is 78.2 Å². The van der Waals surface area contributed by atoms with Gasteiger partial charge in [0.15, 0.2) is 0 Å². The van der Waals surface area contributed by atoms with E-state index >= 15 is 0 Å². The van der Waals surface area contributed by atoms with Gasteiger partial charge in [-0.05, 0) is 78.9 Å². The van der Waals surface area contributed by atoms with Crippen molar-refractivity contribution in [3.8, 4) is 0 Å². The average molecular weight is 304 g/mol. The van der Waals surface area contributed by atoms with Gasteiger partial charge in [0.1, 0.15) is 5.78 Å². The number of Topliss-reactive ketones (excluding diaryl/α,β-unsaturated/α-hetero) is 1. The van der Waals surface area contributed by atoms with Crippen LogP contribution in [0.15, 0.2) is 0 Å². The van der Waals surface area contributed by atoms with Gasteiger partial charge in [0.2, 0.25) is 0 Å². The smallest absolute Gasteiger partial charge is 0.133 e. The second kappa shape index (κ2) is 4.82. The van der Waals surface area contributed by atoms with Crippen molar-refractivity contribution in [3.63, 3.8) is 0 Å². The van der Waals surface area contributed by atoms with Crippen molar-refractivity contribution in [1.82, 2.24) is 0 Å². The lowest BCUT2D eigenvalue weighted by atomic mass is 9.43. The number of rotatable bonds is 0. The van der Waals surface area contributed by atoms with Crippen LogP contribution in [-0.4, -0.2) is 17.0 Å². The van der Waals surface area contributed by atoms with Crippen LogP contribution in [0.4, 0.5) is 0 Å². The molecular weight excluding hydrogens is 272 g/mol. The third kappa shape index (κ3) is 1.79. The molecule has 0 amide bonds. The van der Waals surface area contributed by atoms with E-state index in [4.69, 9.17) is 0 Å². The maximum atomic E-state index is 12.1. The quantitative estimate of drug-likeness (QED) is 0.728. The molecule has 0 unspecified atom stereocenters. The molecule has 4 rings (SSSR count). The highest BCUT2D eigenvalue weighted by Crippen LogP contribution is 2.66. The van der Waals surface area contributed by atoms with Gasteiger partial charge in [0.25, 0.3) is 0 Å². The molecule has 0 radical (unpaired) electrons. The van der Waals surface area contributed by atoms with Gasteiger partial charge in [-0.1, -0.05) is 20.8 Å². The molecule has 2 nitrogen and oxygen atoms in total. The number of carbonyl (C=O) groups excluding carboxylic acids is 1. The molecule has 1 N–H and O–H groups in total. The van der Waals surface area contributed by atoms with Gasteiger partial charge in [-0.15, -0.1) is 0 Å². The van der Waals surface area contributed by atoms with E-state index in [2.05, 4.69) is 20.8 Å². The van der Waals surface area contributed by atoms with E-state index in [9.17, 15) is 9.90 Å². The predicted molar refractivity (Wildman–Crippen MR) is 87.3 cm³/mol. The molecule has 0 saturated heterocycles. The molecule has 8 atom stereocenters. The highest BCUT2D eigenvalue weighted by atomic mass is 16.3. The summed E-state index contributed by atoms with van der Waals surface area (Å²) in [7, 11) is 0. The van der Waals surface area contributed by atoms with Crippen LogP contribution in [0.3, 0.4) is 0 Å². The van der Waals surface area contributed by atoms with Crippen molar-refractivity contribution in [1.29, 1.82) is 0 Å². The minimum Gasteiger partial charge on any atom is -0.393 e. The van der Waals surface area contributed by atoms with Crippen LogP contribution in [0.5, 0.6) is 0 Å². The van der Waals surface area contributed by atoms with E-state index in [0.29, 0.717) is 23.0 Å². The van der Waals surface area contributed by atoms with E-state index in [1.807, 2.05) is 0 Å². The molecule has 0 heterocycles. The van der Waals surface area contributed by atoms with Crippen molar-refractivity contribution >= 4 is 5.78 Å². The second-order valence-electron chi connectivity index (χ2n) is 9.50. The Morgan fingerprint density at radius 1 is 1.00 bits per heavy atom. The average Bonchev–Trinajstić information content (AvgIpc) is 2.77. The first-order valence-electron chi connectivity index (χ1n) is 9.57. The van der Waals surface area contributed by atoms with Crippen molar-refractivity contribution in [2.75, 3.05) is 0 Å². The van der Waals surface area contributed by atoms with Gasteiger partial charge in [-0.3, -0.25) is 4.79 Å². The van der Waals surface area contributed by atoms with E-state index < -0.39 is 0 Å². The van der Waals surface area contributed by atoms with E-state index in [1.54, 1.807) is 0 Å². The van der Waals surface area contributed by atoms with Crippen molar-refractivity contribution in [2.24, 2.45) is 40.4 Å². The predicted octanol–water partition coefficient (Wildman–Crippen LogP) is 4.21. The molecule has 0 aromatic heterocycles. The maximum absolute atomic E-state index is 12.1. The van der Waals surface area contributed by atoms with Crippen LogP contribution in [0.2, 0.25) is 0 Å². The van der Waals surface area contributed by atoms with Gasteiger partial charge >= 0.3 is 0 Å². The monoisotopic (exact) mass is 304 g/mol. The lowest BCUT2D eigenvalue weighted by Gasteiger charge is -2.62. The van der Waals surface area contributed by atoms with Gasteiger partial charge in [0.05, 0.1) is 6.10 Å². The van der Waals surface area contributed by atoms with Crippen LogP contribution in [-0.2, 0) is 4.79 Å². The fourth-order valence-electron chi connectivity index (χ4n) is 7.45. The summed E-state index contributed by atoms with van der Waals surface area (Å²) in [5, 5.41) is 10.5. The minimum absolute atomic E-state index is 0.0747. The molecule has 0 aliphatic heterocycles. The van der Waals surface area contributed by atoms with Crippen LogP contribution in [0, 0.1) is 40.4 Å². The molecular formula is C20H32O2. The number of ketones is 1. The lowest BCUT2D eigenvalue weighted by molar-refractivity contribution is -0.154. The maximum Gasteiger partial charge on any atom is 0.133 e. The standard InChI is InChI=1S/C20H32O2/c1-12-10-14(21)11-13-4-5-15-16-6-7-18(22)19(16,2)9-8-17(15)20(12,13)3/h12-13,15-18,22H,4-11H2,1-3H3/t12-,13-,15+,16+,17+,18-,19-,20-/m0/s1. The Kier molecular flexibility index (Phi) is 3.32. The molecule has 2 heteroatoms. The number of aliphatic hydroxyl groups is 1. The zero-order valence-electron chi connectivity index (χ0n) is 14.5. The van der Waals surface area contributed by atoms with Gasteiger partial charge in [0, 0.05) is 12.8 Å². The highest BCUT2D eigenvalue weighted by Gasteiger charge is 2.61. The highest BCUT2D eigenvalue weighted by molar-refractivity contribution is 5.80. The fourth-order valence-corrected chi connectivity index (χ4v) is 7.45. The van der Waals surface area contributed by atoms with E-state index in [1.165, 1.54) is 32.1 Å². The zero-order valence-corrected chi connectivity index (χ0v) is 14.5. The molecule has 4 aliphatic rings. The Morgan fingerprint density at radius 2 is 1.77 bits per heavy atom. The van der Waals surface area contributed by atoms with Gasteiger partial charge < -0.3 is 5.11 Å². The first-order chi connectivity index (χ1) is 10.4. The third-order valence-electron chi connectivity index (χ3n) is 8.98. The van der Waals surface area contributed by atoms with Crippen LogP contribution in [0.1, 0.15) is 72.1 Å². The first kappa shape index (κ1) is 15.2. The number of fused-ring (bicyclic) bond motifs is 5. The second-order valence-corrected chi connectivity index (χ2v) is 9.50. The number of aliphatic hydroxyl groups excluding tert-OH is 1. The fraction of sp³-hybridized carbons (Fsp3) is 0.950. The van der Waals surface area contributed by atoms with Gasteiger partial charge in [-0.25, -0.2) is 0 Å². The molecule has 4 saturated carbocycles. The molecule has 124 valence electrons. The molecule has 0 aromatic rings. The van der Waals surface area contributed by atoms with E-state index in [0.717, 1.165) is 37.0 Å². The summed E-state index contributed by atoms with van der Waals surface area (Å²) in [6.07, 6.45) is 8.84. The van der Waals surface area contributed by atoms with Crippen LogP contribution >= 0.6 is 0 Å². The molecule has 0 spiro atoms. The minimum atomic E-state index is -0.0747.